The van der Waals surface area contributed by atoms with Crippen molar-refractivity contribution in [2.24, 2.45) is 58.2 Å². The fraction of sp³-hybridized carbons (Fsp3) is 0.929. The van der Waals surface area contributed by atoms with E-state index in [4.69, 9.17) is 0 Å². The minimum atomic E-state index is 0.0889. The third-order valence-electron chi connectivity index (χ3n) is 11.1. The molecule has 0 amide bonds. The topological polar surface area (TPSA) is 34.1 Å². The number of Topliss-reactive ketones (excluding diaryl/α,β-unsaturated/α-hetero) is 2. The van der Waals surface area contributed by atoms with Gasteiger partial charge in [-0.2, -0.15) is 0 Å². The molecule has 0 saturated heterocycles. The first kappa shape index (κ1) is 22.5. The molecule has 4 rings (SSSR count). The van der Waals surface area contributed by atoms with Crippen molar-refractivity contribution in [1.29, 1.82) is 0 Å². The van der Waals surface area contributed by atoms with E-state index in [1.165, 1.54) is 38.5 Å². The predicted octanol–water partition coefficient (Wildman–Crippen LogP) is 7.10. The summed E-state index contributed by atoms with van der Waals surface area (Å²) in [6, 6.07) is 0. The summed E-state index contributed by atoms with van der Waals surface area (Å²) < 4.78 is 0. The Morgan fingerprint density at radius 1 is 0.933 bits per heavy atom. The van der Waals surface area contributed by atoms with Gasteiger partial charge in [-0.25, -0.2) is 0 Å². The van der Waals surface area contributed by atoms with Gasteiger partial charge in [0, 0.05) is 25.2 Å². The largest absolute Gasteiger partial charge is 0.300 e. The van der Waals surface area contributed by atoms with Crippen molar-refractivity contribution in [3.63, 3.8) is 0 Å². The zero-order valence-electron chi connectivity index (χ0n) is 20.5. The average molecular weight is 415 g/mol. The van der Waals surface area contributed by atoms with Gasteiger partial charge in [0.15, 0.2) is 0 Å². The highest BCUT2D eigenvalue weighted by Gasteiger charge is 2.63. The number of ketones is 2. The van der Waals surface area contributed by atoms with Gasteiger partial charge < -0.3 is 0 Å². The van der Waals surface area contributed by atoms with Crippen LogP contribution in [-0.4, -0.2) is 11.6 Å². The van der Waals surface area contributed by atoms with E-state index in [9.17, 15) is 9.59 Å². The minimum Gasteiger partial charge on any atom is -0.300 e. The Balaban J connectivity index is 1.52. The molecule has 9 atom stereocenters. The highest BCUT2D eigenvalue weighted by molar-refractivity contribution is 5.85. The Kier molecular flexibility index (Phi) is 6.04. The number of carbonyl (C=O) groups is 2. The van der Waals surface area contributed by atoms with Gasteiger partial charge in [-0.05, 0) is 84.4 Å². The zero-order chi connectivity index (χ0) is 21.8. The molecule has 0 aromatic carbocycles. The van der Waals surface area contributed by atoms with E-state index in [0.717, 1.165) is 42.9 Å². The van der Waals surface area contributed by atoms with Crippen LogP contribution in [-0.2, 0) is 9.59 Å². The minimum absolute atomic E-state index is 0.0889. The van der Waals surface area contributed by atoms with Crippen LogP contribution in [0.1, 0.15) is 106 Å². The first-order valence-corrected chi connectivity index (χ1v) is 13.1. The van der Waals surface area contributed by atoms with Crippen LogP contribution >= 0.6 is 0 Å². The molecule has 0 N–H and O–H groups in total. The summed E-state index contributed by atoms with van der Waals surface area (Å²) in [5.41, 5.74) is 0.304. The van der Waals surface area contributed by atoms with Crippen LogP contribution in [0.25, 0.3) is 0 Å². The van der Waals surface area contributed by atoms with E-state index in [1.54, 1.807) is 0 Å². The van der Waals surface area contributed by atoms with Crippen molar-refractivity contribution in [3.8, 4) is 0 Å². The molecule has 0 bridgehead atoms. The fourth-order valence-corrected chi connectivity index (χ4v) is 8.89. The number of rotatable bonds is 5. The van der Waals surface area contributed by atoms with Crippen LogP contribution in [0.3, 0.4) is 0 Å². The normalized spacial score (nSPS) is 45.6. The quantitative estimate of drug-likeness (QED) is 0.480. The molecule has 2 nitrogen and oxygen atoms in total. The molecule has 0 aromatic heterocycles. The smallest absolute Gasteiger partial charge is 0.137 e. The summed E-state index contributed by atoms with van der Waals surface area (Å²) in [6.45, 7) is 14.4. The Bertz CT molecular complexity index is 680. The monoisotopic (exact) mass is 414 g/mol. The Hall–Kier alpha value is -0.660. The van der Waals surface area contributed by atoms with Crippen molar-refractivity contribution < 1.29 is 9.59 Å². The molecule has 2 heteroatoms. The number of fused-ring (bicyclic) bond motifs is 5. The second-order valence-electron chi connectivity index (χ2n) is 12.9. The van der Waals surface area contributed by atoms with E-state index in [1.807, 2.05) is 0 Å². The van der Waals surface area contributed by atoms with Crippen LogP contribution in [0.4, 0.5) is 0 Å². The molecule has 0 spiro atoms. The molecule has 4 aliphatic rings. The second-order valence-corrected chi connectivity index (χ2v) is 12.9. The third kappa shape index (κ3) is 3.53. The summed E-state index contributed by atoms with van der Waals surface area (Å²) in [7, 11) is 0. The molecule has 0 unspecified atom stereocenters. The lowest BCUT2D eigenvalue weighted by Gasteiger charge is -2.59. The Morgan fingerprint density at radius 2 is 1.67 bits per heavy atom. The van der Waals surface area contributed by atoms with E-state index < -0.39 is 0 Å². The fourth-order valence-electron chi connectivity index (χ4n) is 8.89. The summed E-state index contributed by atoms with van der Waals surface area (Å²) in [6.07, 6.45) is 10.9. The van der Waals surface area contributed by atoms with Gasteiger partial charge in [-0.3, -0.25) is 9.59 Å². The Labute approximate surface area is 185 Å². The van der Waals surface area contributed by atoms with Gasteiger partial charge in [0.25, 0.3) is 0 Å². The van der Waals surface area contributed by atoms with Gasteiger partial charge in [0.05, 0.1) is 0 Å². The highest BCUT2D eigenvalue weighted by Crippen LogP contribution is 2.67. The summed E-state index contributed by atoms with van der Waals surface area (Å²) >= 11 is 0. The van der Waals surface area contributed by atoms with E-state index in [-0.39, 0.29) is 16.7 Å². The van der Waals surface area contributed by atoms with E-state index in [2.05, 4.69) is 41.5 Å². The molecular formula is C28H46O2. The number of carbonyl (C=O) groups excluding carboxylic acids is 2. The van der Waals surface area contributed by atoms with Gasteiger partial charge in [0.1, 0.15) is 11.6 Å². The van der Waals surface area contributed by atoms with E-state index in [0.29, 0.717) is 35.7 Å². The van der Waals surface area contributed by atoms with Gasteiger partial charge in [-0.15, -0.1) is 0 Å². The molecule has 0 radical (unpaired) electrons. The zero-order valence-corrected chi connectivity index (χ0v) is 20.5. The second kappa shape index (κ2) is 8.04. The van der Waals surface area contributed by atoms with Crippen molar-refractivity contribution in [1.82, 2.24) is 0 Å². The standard InChI is InChI=1S/C28H46O2/c1-17(2)18(3)7-8-19(4)23-11-12-24-22-10-9-20-15-21(29)13-14-27(20,5)26(22)25(30)16-28(23,24)6/h17-20,22-24,26H,7-16H2,1-6H3/t18-,19+,20-,22-,23-,24+,26-,27-,28-/m0/s1. The molecule has 4 fully saturated rings. The molecule has 4 aliphatic carbocycles. The molecule has 0 heterocycles. The number of hydrogen-bond donors (Lipinski definition) is 0. The SMILES string of the molecule is CC(C)[C@@H](C)CC[C@@H](C)[C@@H]1CC[C@@H]2[C@@H]3CC[C@H]4CC(=O)CC[C@]4(C)[C@@H]3C(=O)C[C@]21C. The van der Waals surface area contributed by atoms with Crippen LogP contribution in [0.5, 0.6) is 0 Å². The van der Waals surface area contributed by atoms with Crippen molar-refractivity contribution in [2.45, 2.75) is 106 Å². The maximum absolute atomic E-state index is 13.8. The predicted molar refractivity (Wildman–Crippen MR) is 123 cm³/mol. The lowest BCUT2D eigenvalue weighted by atomic mass is 9.44. The van der Waals surface area contributed by atoms with Gasteiger partial charge >= 0.3 is 0 Å². The molecule has 170 valence electrons. The van der Waals surface area contributed by atoms with Crippen molar-refractivity contribution in [2.75, 3.05) is 0 Å². The highest BCUT2D eigenvalue weighted by atomic mass is 16.1. The average Bonchev–Trinajstić information content (AvgIpc) is 3.02. The lowest BCUT2D eigenvalue weighted by molar-refractivity contribution is -0.161. The van der Waals surface area contributed by atoms with Crippen LogP contribution in [0.15, 0.2) is 0 Å². The first-order valence-electron chi connectivity index (χ1n) is 13.1. The summed E-state index contributed by atoms with van der Waals surface area (Å²) in [4.78, 5) is 25.9. The Morgan fingerprint density at radius 3 is 2.37 bits per heavy atom. The molecule has 0 aromatic rings. The molecule has 30 heavy (non-hydrogen) atoms. The van der Waals surface area contributed by atoms with Crippen molar-refractivity contribution in [3.05, 3.63) is 0 Å². The summed E-state index contributed by atoms with van der Waals surface area (Å²) in [5.74, 6) is 6.00. The van der Waals surface area contributed by atoms with Crippen LogP contribution < -0.4 is 0 Å². The van der Waals surface area contributed by atoms with Gasteiger partial charge in [0.2, 0.25) is 0 Å². The van der Waals surface area contributed by atoms with E-state index >= 15 is 0 Å². The van der Waals surface area contributed by atoms with Gasteiger partial charge in [-0.1, -0.05) is 54.4 Å². The van der Waals surface area contributed by atoms with Crippen LogP contribution in [0, 0.1) is 58.2 Å². The van der Waals surface area contributed by atoms with Crippen molar-refractivity contribution >= 4 is 11.6 Å². The molecular weight excluding hydrogens is 368 g/mol. The maximum atomic E-state index is 13.8. The maximum Gasteiger partial charge on any atom is 0.137 e. The molecule has 0 aliphatic heterocycles. The number of hydrogen-bond acceptors (Lipinski definition) is 2. The first-order chi connectivity index (χ1) is 14.1. The lowest BCUT2D eigenvalue weighted by Crippen LogP contribution is -2.57. The van der Waals surface area contributed by atoms with Crippen LogP contribution in [0.2, 0.25) is 0 Å². The third-order valence-corrected chi connectivity index (χ3v) is 11.1. The molecule has 4 saturated carbocycles. The summed E-state index contributed by atoms with van der Waals surface area (Å²) in [5, 5.41) is 0.